The van der Waals surface area contributed by atoms with Gasteiger partial charge >= 0.3 is 0 Å². The zero-order chi connectivity index (χ0) is 23.2. The quantitative estimate of drug-likeness (QED) is 0.157. The molecule has 0 bridgehead atoms. The van der Waals surface area contributed by atoms with Gasteiger partial charge in [0.05, 0.1) is 19.4 Å². The summed E-state index contributed by atoms with van der Waals surface area (Å²) in [6.07, 6.45) is 7.91. The second-order valence-corrected chi connectivity index (χ2v) is 10.0. The van der Waals surface area contributed by atoms with Crippen LogP contribution in [0.2, 0.25) is 0 Å². The van der Waals surface area contributed by atoms with E-state index >= 15 is 0 Å². The minimum absolute atomic E-state index is 0.00394. The Balaban J connectivity index is 2.31. The zero-order valence-corrected chi connectivity index (χ0v) is 20.1. The van der Waals surface area contributed by atoms with E-state index in [9.17, 15) is 14.4 Å². The molecular weight excluding hydrogens is 417 g/mol. The molecule has 0 aromatic heterocycles. The van der Waals surface area contributed by atoms with Gasteiger partial charge in [-0.1, -0.05) is 6.92 Å². The maximum absolute atomic E-state index is 12.5. The molecule has 0 heterocycles. The monoisotopic (exact) mass is 457 g/mol. The predicted molar refractivity (Wildman–Crippen MR) is 124 cm³/mol. The lowest BCUT2D eigenvalue weighted by Crippen LogP contribution is -2.38. The summed E-state index contributed by atoms with van der Waals surface area (Å²) in [5.74, 6) is 6.33. The molecule has 2 amide bonds. The Hall–Kier alpha value is -1.70. The highest BCUT2D eigenvalue weighted by molar-refractivity contribution is 7.51. The fourth-order valence-electron chi connectivity index (χ4n) is 3.62. The summed E-state index contributed by atoms with van der Waals surface area (Å²) >= 11 is 0. The topological polar surface area (TPSA) is 131 Å². The minimum Gasteiger partial charge on any atom is -0.399 e. The standard InChI is InChI=1S/C21H40N5O4P/c1-4-12-30-31(3)16-26(23)15-19(22)13-24-21(29)18-9-7-17(8-10-18)14-25(2)20(28)6-5-11-27/h11,15,17-18H,4-10,12-14,16,22-23H2,1-3H3,(H,24,29)/b19-15-. The van der Waals surface area contributed by atoms with Crippen LogP contribution < -0.4 is 16.9 Å². The van der Waals surface area contributed by atoms with Crippen molar-refractivity contribution in [2.45, 2.75) is 51.9 Å². The van der Waals surface area contributed by atoms with Crippen LogP contribution in [0.1, 0.15) is 51.9 Å². The summed E-state index contributed by atoms with van der Waals surface area (Å²) < 4.78 is 5.65. The van der Waals surface area contributed by atoms with Gasteiger partial charge in [-0.2, -0.15) is 0 Å². The van der Waals surface area contributed by atoms with E-state index in [1.165, 1.54) is 5.01 Å². The molecule has 0 spiro atoms. The van der Waals surface area contributed by atoms with Crippen LogP contribution in [0.3, 0.4) is 0 Å². The maximum Gasteiger partial charge on any atom is 0.223 e. The van der Waals surface area contributed by atoms with Crippen molar-refractivity contribution in [2.24, 2.45) is 23.4 Å². The number of carbonyl (C=O) groups is 3. The van der Waals surface area contributed by atoms with Gasteiger partial charge in [0.1, 0.15) is 6.29 Å². The van der Waals surface area contributed by atoms with E-state index < -0.39 is 8.15 Å². The van der Waals surface area contributed by atoms with Crippen LogP contribution in [0, 0.1) is 11.8 Å². The summed E-state index contributed by atoms with van der Waals surface area (Å²) in [7, 11) is 1.14. The molecule has 0 aromatic rings. The average Bonchev–Trinajstić information content (AvgIpc) is 2.74. The second kappa shape index (κ2) is 15.2. The van der Waals surface area contributed by atoms with Crippen molar-refractivity contribution in [1.82, 2.24) is 15.2 Å². The lowest BCUT2D eigenvalue weighted by molar-refractivity contribution is -0.132. The van der Waals surface area contributed by atoms with Crippen LogP contribution in [0.5, 0.6) is 0 Å². The van der Waals surface area contributed by atoms with Crippen LogP contribution in [-0.2, 0) is 18.9 Å². The largest absolute Gasteiger partial charge is 0.399 e. The number of nitrogens with one attached hydrogen (secondary N) is 1. The molecule has 5 N–H and O–H groups in total. The molecule has 31 heavy (non-hydrogen) atoms. The molecule has 178 valence electrons. The number of amides is 2. The third-order valence-electron chi connectivity index (χ3n) is 5.33. The zero-order valence-electron chi connectivity index (χ0n) is 19.2. The van der Waals surface area contributed by atoms with Gasteiger partial charge in [0.15, 0.2) is 0 Å². The third-order valence-corrected chi connectivity index (χ3v) is 6.68. The summed E-state index contributed by atoms with van der Waals surface area (Å²) in [6, 6.07) is 0. The molecule has 10 heteroatoms. The molecule has 9 nitrogen and oxygen atoms in total. The van der Waals surface area contributed by atoms with Crippen molar-refractivity contribution < 1.29 is 18.9 Å². The summed E-state index contributed by atoms with van der Waals surface area (Å²) in [5, 5.41) is 4.42. The highest BCUT2D eigenvalue weighted by atomic mass is 31.1. The molecule has 1 saturated carbocycles. The van der Waals surface area contributed by atoms with Gasteiger partial charge in [-0.3, -0.25) is 9.59 Å². The second-order valence-electron chi connectivity index (χ2n) is 8.24. The molecule has 1 aliphatic carbocycles. The van der Waals surface area contributed by atoms with Crippen molar-refractivity contribution in [3.8, 4) is 0 Å². The number of nitrogens with zero attached hydrogens (tertiary/aromatic N) is 2. The number of carbonyl (C=O) groups excluding carboxylic acids is 3. The maximum atomic E-state index is 12.5. The van der Waals surface area contributed by atoms with Gasteiger partial charge in [-0.25, -0.2) is 5.84 Å². The van der Waals surface area contributed by atoms with E-state index in [0.717, 1.165) is 45.0 Å². The van der Waals surface area contributed by atoms with Crippen LogP contribution in [0.4, 0.5) is 0 Å². The van der Waals surface area contributed by atoms with Crippen molar-refractivity contribution in [2.75, 3.05) is 39.7 Å². The van der Waals surface area contributed by atoms with E-state index in [2.05, 4.69) is 12.2 Å². The first-order chi connectivity index (χ1) is 14.8. The van der Waals surface area contributed by atoms with E-state index in [-0.39, 0.29) is 37.1 Å². The SMILES string of the molecule is CCCOP(C)CN(N)/C=C(\N)CNC(=O)C1CCC(CN(C)C(=O)CCC=O)CC1. The van der Waals surface area contributed by atoms with Crippen LogP contribution >= 0.6 is 8.15 Å². The summed E-state index contributed by atoms with van der Waals surface area (Å²) in [6.45, 7) is 5.74. The summed E-state index contributed by atoms with van der Waals surface area (Å²) in [4.78, 5) is 36.5. The van der Waals surface area contributed by atoms with E-state index in [1.807, 2.05) is 6.66 Å². The Morgan fingerprint density at radius 2 is 1.94 bits per heavy atom. The number of hydrogen-bond acceptors (Lipinski definition) is 7. The molecule has 1 atom stereocenters. The number of nitrogens with two attached hydrogens (primary N) is 2. The average molecular weight is 458 g/mol. The Kier molecular flexibility index (Phi) is 13.4. The molecular formula is C21H40N5O4P. The van der Waals surface area contributed by atoms with Crippen LogP contribution in [-0.4, -0.2) is 67.7 Å². The van der Waals surface area contributed by atoms with E-state index in [4.69, 9.17) is 16.1 Å². The summed E-state index contributed by atoms with van der Waals surface area (Å²) in [5.41, 5.74) is 6.50. The Bertz CT molecular complexity index is 596. The molecule has 1 unspecified atom stereocenters. The molecule has 0 saturated heterocycles. The van der Waals surface area contributed by atoms with Gasteiger partial charge in [0.2, 0.25) is 11.8 Å². The molecule has 0 aliphatic heterocycles. The van der Waals surface area contributed by atoms with Crippen molar-refractivity contribution >= 4 is 26.2 Å². The molecule has 1 aliphatic rings. The van der Waals surface area contributed by atoms with Crippen LogP contribution in [0.25, 0.3) is 0 Å². The normalized spacial score (nSPS) is 20.1. The first-order valence-electron chi connectivity index (χ1n) is 11.0. The Labute approximate surface area is 187 Å². The smallest absolute Gasteiger partial charge is 0.223 e. The highest BCUT2D eigenvalue weighted by Crippen LogP contribution is 2.32. The molecule has 1 rings (SSSR count). The van der Waals surface area contributed by atoms with Crippen molar-refractivity contribution in [3.63, 3.8) is 0 Å². The first-order valence-corrected chi connectivity index (χ1v) is 12.9. The van der Waals surface area contributed by atoms with Gasteiger partial charge in [0.25, 0.3) is 0 Å². The highest BCUT2D eigenvalue weighted by Gasteiger charge is 2.27. The van der Waals surface area contributed by atoms with Gasteiger partial charge in [-0.05, 0) is 44.7 Å². The van der Waals surface area contributed by atoms with Crippen molar-refractivity contribution in [3.05, 3.63) is 11.9 Å². The molecule has 0 aromatic carbocycles. The molecule has 0 radical (unpaired) electrons. The van der Waals surface area contributed by atoms with Gasteiger partial charge in [0, 0.05) is 52.4 Å². The van der Waals surface area contributed by atoms with Crippen LogP contribution in [0.15, 0.2) is 11.9 Å². The number of aldehydes is 1. The van der Waals surface area contributed by atoms with E-state index in [0.29, 0.717) is 24.4 Å². The lowest BCUT2D eigenvalue weighted by atomic mass is 9.81. The number of rotatable bonds is 14. The predicted octanol–water partition coefficient (Wildman–Crippen LogP) is 1.73. The fourth-order valence-corrected chi connectivity index (χ4v) is 4.74. The van der Waals surface area contributed by atoms with E-state index in [1.54, 1.807) is 18.1 Å². The Morgan fingerprint density at radius 1 is 1.26 bits per heavy atom. The first kappa shape index (κ1) is 27.3. The number of hydrogen-bond donors (Lipinski definition) is 3. The van der Waals surface area contributed by atoms with Gasteiger partial charge < -0.3 is 30.3 Å². The van der Waals surface area contributed by atoms with Crippen molar-refractivity contribution in [1.29, 1.82) is 0 Å². The minimum atomic E-state index is -0.633. The number of hydrazine groups is 1. The molecule has 1 fully saturated rings. The fraction of sp³-hybridized carbons (Fsp3) is 0.762. The lowest BCUT2D eigenvalue weighted by Gasteiger charge is -2.30. The third kappa shape index (κ3) is 11.5. The Morgan fingerprint density at radius 3 is 2.55 bits per heavy atom. The van der Waals surface area contributed by atoms with Gasteiger partial charge in [-0.15, -0.1) is 0 Å².